The molecular weight excluding hydrogens is 302 g/mol. The van der Waals surface area contributed by atoms with Gasteiger partial charge in [-0.2, -0.15) is 4.31 Å². The van der Waals surface area contributed by atoms with Crippen LogP contribution in [0, 0.1) is 0 Å². The number of hydrogen-bond acceptors (Lipinski definition) is 4. The highest BCUT2D eigenvalue weighted by molar-refractivity contribution is 7.89. The van der Waals surface area contributed by atoms with E-state index in [0.29, 0.717) is 0 Å². The van der Waals surface area contributed by atoms with E-state index in [9.17, 15) is 13.2 Å². The van der Waals surface area contributed by atoms with E-state index in [1.165, 1.54) is 36.4 Å². The lowest BCUT2D eigenvalue weighted by atomic mass is 10.1. The zero-order chi connectivity index (χ0) is 16.2. The number of carbonyl (C=O) groups excluding carboxylic acids is 1. The van der Waals surface area contributed by atoms with Gasteiger partial charge >= 0.3 is 5.97 Å². The molecule has 0 N–H and O–H groups in total. The van der Waals surface area contributed by atoms with Crippen molar-refractivity contribution in [2.45, 2.75) is 49.5 Å². The Morgan fingerprint density at radius 1 is 1.18 bits per heavy atom. The van der Waals surface area contributed by atoms with E-state index >= 15 is 0 Å². The topological polar surface area (TPSA) is 63.7 Å². The maximum Gasteiger partial charge on any atom is 0.337 e. The number of carbonyl (C=O) groups is 1. The van der Waals surface area contributed by atoms with Gasteiger partial charge in [-0.15, -0.1) is 0 Å². The molecule has 1 aliphatic carbocycles. The van der Waals surface area contributed by atoms with Gasteiger partial charge in [-0.25, -0.2) is 13.2 Å². The second-order valence-electron chi connectivity index (χ2n) is 5.69. The van der Waals surface area contributed by atoms with Crippen LogP contribution >= 0.6 is 0 Å². The Morgan fingerprint density at radius 3 is 2.41 bits per heavy atom. The van der Waals surface area contributed by atoms with E-state index in [2.05, 4.69) is 4.74 Å². The molecule has 0 saturated heterocycles. The van der Waals surface area contributed by atoms with Crippen LogP contribution in [0.3, 0.4) is 0 Å². The van der Waals surface area contributed by atoms with Gasteiger partial charge in [-0.1, -0.05) is 31.7 Å². The van der Waals surface area contributed by atoms with Gasteiger partial charge < -0.3 is 4.74 Å². The lowest BCUT2D eigenvalue weighted by molar-refractivity contribution is 0.0600. The molecular formula is C16H23NO4S. The van der Waals surface area contributed by atoms with Crippen LogP contribution in [-0.4, -0.2) is 38.9 Å². The summed E-state index contributed by atoms with van der Waals surface area (Å²) in [5.74, 6) is -0.533. The van der Waals surface area contributed by atoms with Crippen molar-refractivity contribution in [3.05, 3.63) is 29.8 Å². The maximum atomic E-state index is 12.8. The van der Waals surface area contributed by atoms with Crippen molar-refractivity contribution in [1.29, 1.82) is 0 Å². The molecule has 1 aliphatic rings. The molecule has 22 heavy (non-hydrogen) atoms. The molecule has 1 aromatic carbocycles. The molecule has 0 unspecified atom stereocenters. The van der Waals surface area contributed by atoms with Gasteiger partial charge in [0.2, 0.25) is 10.0 Å². The molecule has 6 heteroatoms. The fourth-order valence-corrected chi connectivity index (χ4v) is 4.35. The number of nitrogens with zero attached hydrogens (tertiary/aromatic N) is 1. The summed E-state index contributed by atoms with van der Waals surface area (Å²) < 4.78 is 31.7. The maximum absolute atomic E-state index is 12.8. The highest BCUT2D eigenvalue weighted by Gasteiger charge is 2.28. The summed E-state index contributed by atoms with van der Waals surface area (Å²) in [6.45, 7) is 0. The van der Waals surface area contributed by atoms with Gasteiger partial charge in [0.15, 0.2) is 0 Å². The van der Waals surface area contributed by atoms with Crippen molar-refractivity contribution >= 4 is 16.0 Å². The molecule has 122 valence electrons. The van der Waals surface area contributed by atoms with E-state index in [0.717, 1.165) is 25.7 Å². The van der Waals surface area contributed by atoms with Crippen molar-refractivity contribution in [3.63, 3.8) is 0 Å². The monoisotopic (exact) mass is 325 g/mol. The molecule has 0 aliphatic heterocycles. The number of ether oxygens (including phenoxy) is 1. The van der Waals surface area contributed by atoms with Gasteiger partial charge in [0.25, 0.3) is 0 Å². The summed E-state index contributed by atoms with van der Waals surface area (Å²) in [6, 6.07) is 6.06. The molecule has 0 aromatic heterocycles. The molecule has 0 spiro atoms. The molecule has 0 radical (unpaired) electrons. The number of benzene rings is 1. The molecule has 5 nitrogen and oxygen atoms in total. The van der Waals surface area contributed by atoms with Gasteiger partial charge in [0, 0.05) is 13.1 Å². The van der Waals surface area contributed by atoms with Crippen LogP contribution in [0.2, 0.25) is 0 Å². The highest BCUT2D eigenvalue weighted by atomic mass is 32.2. The van der Waals surface area contributed by atoms with Crippen LogP contribution in [0.1, 0.15) is 48.9 Å². The van der Waals surface area contributed by atoms with Gasteiger partial charge in [-0.05, 0) is 31.0 Å². The van der Waals surface area contributed by atoms with E-state index in [1.807, 2.05) is 0 Å². The fraction of sp³-hybridized carbons (Fsp3) is 0.562. The van der Waals surface area contributed by atoms with Crippen molar-refractivity contribution in [3.8, 4) is 0 Å². The normalized spacial score (nSPS) is 17.2. The zero-order valence-electron chi connectivity index (χ0n) is 13.1. The minimum Gasteiger partial charge on any atom is -0.465 e. The fourth-order valence-electron chi connectivity index (χ4n) is 2.89. The molecule has 0 bridgehead atoms. The highest BCUT2D eigenvalue weighted by Crippen LogP contribution is 2.26. The second kappa shape index (κ2) is 7.24. The first-order valence-electron chi connectivity index (χ1n) is 7.63. The first-order chi connectivity index (χ1) is 10.5. The van der Waals surface area contributed by atoms with E-state index in [4.69, 9.17) is 0 Å². The average Bonchev–Trinajstić information content (AvgIpc) is 2.82. The van der Waals surface area contributed by atoms with Crippen LogP contribution in [0.4, 0.5) is 0 Å². The largest absolute Gasteiger partial charge is 0.465 e. The third-order valence-electron chi connectivity index (χ3n) is 4.27. The van der Waals surface area contributed by atoms with Crippen LogP contribution in [-0.2, 0) is 14.8 Å². The molecule has 1 aromatic rings. The summed E-state index contributed by atoms with van der Waals surface area (Å²) in [6.07, 6.45) is 6.25. The predicted molar refractivity (Wildman–Crippen MR) is 84.2 cm³/mol. The molecule has 1 fully saturated rings. The Hall–Kier alpha value is -1.40. The van der Waals surface area contributed by atoms with Crippen molar-refractivity contribution < 1.29 is 17.9 Å². The van der Waals surface area contributed by atoms with E-state index in [-0.39, 0.29) is 16.5 Å². The SMILES string of the molecule is COC(=O)c1cccc(S(=O)(=O)N(C)C2CCCCCC2)c1. The van der Waals surface area contributed by atoms with Crippen LogP contribution in [0.25, 0.3) is 0 Å². The second-order valence-corrected chi connectivity index (χ2v) is 7.68. The van der Waals surface area contributed by atoms with E-state index in [1.54, 1.807) is 19.2 Å². The first kappa shape index (κ1) is 17.0. The smallest absolute Gasteiger partial charge is 0.337 e. The molecule has 2 rings (SSSR count). The Balaban J connectivity index is 2.27. The van der Waals surface area contributed by atoms with Crippen LogP contribution in [0.5, 0.6) is 0 Å². The lowest BCUT2D eigenvalue weighted by Gasteiger charge is -2.26. The van der Waals surface area contributed by atoms with Gasteiger partial charge in [-0.3, -0.25) is 0 Å². The number of sulfonamides is 1. The standard InChI is InChI=1S/C16H23NO4S/c1-17(14-9-5-3-4-6-10-14)22(19,20)15-11-7-8-13(12-15)16(18)21-2/h7-8,11-12,14H,3-6,9-10H2,1-2H3. The number of methoxy groups -OCH3 is 1. The predicted octanol–water partition coefficient (Wildman–Crippen LogP) is 2.82. The van der Waals surface area contributed by atoms with Crippen molar-refractivity contribution in [2.24, 2.45) is 0 Å². The minimum absolute atomic E-state index is 0.0364. The van der Waals surface area contributed by atoms with Crippen LogP contribution in [0.15, 0.2) is 29.2 Å². The third-order valence-corrected chi connectivity index (χ3v) is 6.18. The van der Waals surface area contributed by atoms with Crippen molar-refractivity contribution in [2.75, 3.05) is 14.2 Å². The molecule has 1 saturated carbocycles. The number of esters is 1. The Kier molecular flexibility index (Phi) is 5.58. The van der Waals surface area contributed by atoms with E-state index < -0.39 is 16.0 Å². The zero-order valence-corrected chi connectivity index (χ0v) is 13.9. The molecule has 0 atom stereocenters. The third kappa shape index (κ3) is 3.67. The summed E-state index contributed by atoms with van der Waals surface area (Å²) in [5, 5.41) is 0. The summed E-state index contributed by atoms with van der Waals surface area (Å²) in [5.41, 5.74) is 0.248. The average molecular weight is 325 g/mol. The first-order valence-corrected chi connectivity index (χ1v) is 9.07. The quantitative estimate of drug-likeness (QED) is 0.631. The summed E-state index contributed by atoms with van der Waals surface area (Å²) >= 11 is 0. The van der Waals surface area contributed by atoms with Gasteiger partial charge in [0.1, 0.15) is 0 Å². The Morgan fingerprint density at radius 2 is 1.82 bits per heavy atom. The lowest BCUT2D eigenvalue weighted by Crippen LogP contribution is -2.36. The number of hydrogen-bond donors (Lipinski definition) is 0. The summed E-state index contributed by atoms with van der Waals surface area (Å²) in [4.78, 5) is 11.7. The van der Waals surface area contributed by atoms with Crippen molar-refractivity contribution in [1.82, 2.24) is 4.31 Å². The Bertz CT molecular complexity index is 619. The number of rotatable bonds is 4. The molecule has 0 heterocycles. The van der Waals surface area contributed by atoms with Gasteiger partial charge in [0.05, 0.1) is 17.6 Å². The minimum atomic E-state index is -3.59. The molecule has 0 amide bonds. The van der Waals surface area contributed by atoms with Crippen LogP contribution < -0.4 is 0 Å². The summed E-state index contributed by atoms with van der Waals surface area (Å²) in [7, 11) is -0.680. The Labute approximate surface area is 132 Å².